The van der Waals surface area contributed by atoms with E-state index in [1.165, 1.54) is 25.7 Å². The predicted molar refractivity (Wildman–Crippen MR) is 96.4 cm³/mol. The third-order valence-electron chi connectivity index (χ3n) is 5.49. The summed E-state index contributed by atoms with van der Waals surface area (Å²) in [4.78, 5) is 21.7. The van der Waals surface area contributed by atoms with Crippen LogP contribution in [0.1, 0.15) is 78.3 Å². The summed E-state index contributed by atoms with van der Waals surface area (Å²) in [7, 11) is 0. The minimum Gasteiger partial charge on any atom is -0.477 e. The average Bonchev–Trinajstić information content (AvgIpc) is 3.54. The quantitative estimate of drug-likeness (QED) is 0.769. The number of hydrogen-bond acceptors (Lipinski definition) is 6. The highest BCUT2D eigenvalue weighted by Crippen LogP contribution is 2.44. The van der Waals surface area contributed by atoms with Crippen LogP contribution in [0.3, 0.4) is 0 Å². The Kier molecular flexibility index (Phi) is 4.10. The Balaban J connectivity index is 1.34. The summed E-state index contributed by atoms with van der Waals surface area (Å²) < 4.78 is 11.1. The van der Waals surface area contributed by atoms with E-state index in [-0.39, 0.29) is 11.9 Å². The van der Waals surface area contributed by atoms with Gasteiger partial charge in [0.25, 0.3) is 5.91 Å². The molecule has 5 rings (SSSR count). The lowest BCUT2D eigenvalue weighted by Gasteiger charge is -2.15. The van der Waals surface area contributed by atoms with Gasteiger partial charge < -0.3 is 14.6 Å². The van der Waals surface area contributed by atoms with Crippen LogP contribution in [-0.2, 0) is 0 Å². The maximum atomic E-state index is 12.9. The highest BCUT2D eigenvalue weighted by Gasteiger charge is 2.37. The standard InChI is InChI=1S/C20H24N4O3/c1-11-21-18(24-27-11)17(14-6-7-14)23-19(25)16-9-8-15(13-4-5-13)20(22-16)26-10-12-2-3-12/h8-9,12-14,17H,2-7,10H2,1H3,(H,23,25). The highest BCUT2D eigenvalue weighted by molar-refractivity contribution is 5.92. The number of carbonyl (C=O) groups excluding carboxylic acids is 1. The van der Waals surface area contributed by atoms with Crippen molar-refractivity contribution in [1.82, 2.24) is 20.4 Å². The summed E-state index contributed by atoms with van der Waals surface area (Å²) in [5.74, 6) is 3.02. The molecule has 7 heteroatoms. The summed E-state index contributed by atoms with van der Waals surface area (Å²) >= 11 is 0. The topological polar surface area (TPSA) is 90.1 Å². The van der Waals surface area contributed by atoms with Crippen LogP contribution in [-0.4, -0.2) is 27.6 Å². The van der Waals surface area contributed by atoms with E-state index < -0.39 is 0 Å². The smallest absolute Gasteiger partial charge is 0.270 e. The number of carbonyl (C=O) groups is 1. The van der Waals surface area contributed by atoms with Gasteiger partial charge in [0.15, 0.2) is 5.82 Å². The SMILES string of the molecule is Cc1nc(C(NC(=O)c2ccc(C3CC3)c(OCC3CC3)n2)C2CC2)no1. The Morgan fingerprint density at radius 3 is 2.67 bits per heavy atom. The molecule has 1 N–H and O–H groups in total. The van der Waals surface area contributed by atoms with Crippen LogP contribution in [0.25, 0.3) is 0 Å². The zero-order valence-electron chi connectivity index (χ0n) is 15.5. The average molecular weight is 368 g/mol. The molecule has 0 radical (unpaired) electrons. The van der Waals surface area contributed by atoms with E-state index in [1.807, 2.05) is 6.07 Å². The molecule has 2 aromatic heterocycles. The molecular formula is C20H24N4O3. The van der Waals surface area contributed by atoms with E-state index in [4.69, 9.17) is 9.26 Å². The van der Waals surface area contributed by atoms with Crippen molar-refractivity contribution in [3.05, 3.63) is 35.1 Å². The molecule has 7 nitrogen and oxygen atoms in total. The van der Waals surface area contributed by atoms with Gasteiger partial charge in [0.05, 0.1) is 12.6 Å². The van der Waals surface area contributed by atoms with Crippen LogP contribution in [0, 0.1) is 18.8 Å². The normalized spacial score (nSPS) is 20.3. The molecule has 0 bridgehead atoms. The van der Waals surface area contributed by atoms with Gasteiger partial charge in [0.1, 0.15) is 5.69 Å². The van der Waals surface area contributed by atoms with E-state index in [0.717, 1.165) is 18.4 Å². The molecule has 0 spiro atoms. The largest absolute Gasteiger partial charge is 0.477 e. The molecule has 1 atom stereocenters. The molecule has 2 aromatic rings. The molecule has 27 heavy (non-hydrogen) atoms. The minimum absolute atomic E-state index is 0.215. The van der Waals surface area contributed by atoms with Crippen LogP contribution in [0.4, 0.5) is 0 Å². The number of aryl methyl sites for hydroxylation is 1. The first-order valence-corrected chi connectivity index (χ1v) is 9.92. The number of rotatable bonds is 8. The van der Waals surface area contributed by atoms with Gasteiger partial charge in [-0.2, -0.15) is 4.98 Å². The molecule has 3 fully saturated rings. The number of ether oxygens (including phenoxy) is 1. The summed E-state index contributed by atoms with van der Waals surface area (Å²) in [6.45, 7) is 2.45. The lowest BCUT2D eigenvalue weighted by Crippen LogP contribution is -2.31. The van der Waals surface area contributed by atoms with Crippen LogP contribution in [0.5, 0.6) is 5.88 Å². The Morgan fingerprint density at radius 1 is 1.22 bits per heavy atom. The molecule has 3 aliphatic carbocycles. The van der Waals surface area contributed by atoms with E-state index in [9.17, 15) is 4.79 Å². The number of aromatic nitrogens is 3. The van der Waals surface area contributed by atoms with Gasteiger partial charge in [-0.15, -0.1) is 0 Å². The van der Waals surface area contributed by atoms with Gasteiger partial charge >= 0.3 is 0 Å². The lowest BCUT2D eigenvalue weighted by atomic mass is 10.1. The molecule has 142 valence electrons. The molecule has 1 unspecified atom stereocenters. The Bertz CT molecular complexity index is 853. The molecule has 3 saturated carbocycles. The van der Waals surface area contributed by atoms with Crippen LogP contribution in [0.2, 0.25) is 0 Å². The third kappa shape index (κ3) is 3.82. The first-order chi connectivity index (χ1) is 13.2. The molecule has 1 amide bonds. The maximum Gasteiger partial charge on any atom is 0.270 e. The van der Waals surface area contributed by atoms with Gasteiger partial charge in [-0.1, -0.05) is 11.2 Å². The highest BCUT2D eigenvalue weighted by atomic mass is 16.5. The van der Waals surface area contributed by atoms with Gasteiger partial charge in [0, 0.05) is 12.5 Å². The second-order valence-corrected chi connectivity index (χ2v) is 8.08. The fourth-order valence-corrected chi connectivity index (χ4v) is 3.36. The number of nitrogens with zero attached hydrogens (tertiary/aromatic N) is 3. The minimum atomic E-state index is -0.226. The summed E-state index contributed by atoms with van der Waals surface area (Å²) in [6.07, 6.45) is 6.92. The zero-order valence-corrected chi connectivity index (χ0v) is 15.5. The van der Waals surface area contributed by atoms with Gasteiger partial charge in [-0.3, -0.25) is 4.79 Å². The molecule has 2 heterocycles. The summed E-state index contributed by atoms with van der Waals surface area (Å²) in [5.41, 5.74) is 1.52. The Morgan fingerprint density at radius 2 is 2.04 bits per heavy atom. The van der Waals surface area contributed by atoms with Crippen molar-refractivity contribution >= 4 is 5.91 Å². The zero-order chi connectivity index (χ0) is 18.4. The molecule has 0 aromatic carbocycles. The fourth-order valence-electron chi connectivity index (χ4n) is 3.36. The summed E-state index contributed by atoms with van der Waals surface area (Å²) in [6, 6.07) is 3.58. The molecule has 3 aliphatic rings. The predicted octanol–water partition coefficient (Wildman–Crippen LogP) is 3.32. The molecule has 0 saturated heterocycles. The first-order valence-electron chi connectivity index (χ1n) is 9.92. The number of nitrogens with one attached hydrogen (secondary N) is 1. The lowest BCUT2D eigenvalue weighted by molar-refractivity contribution is 0.0922. The van der Waals surface area contributed by atoms with Crippen molar-refractivity contribution in [1.29, 1.82) is 0 Å². The van der Waals surface area contributed by atoms with Crippen molar-refractivity contribution in [3.8, 4) is 5.88 Å². The number of pyridine rings is 1. The molecule has 0 aliphatic heterocycles. The van der Waals surface area contributed by atoms with Crippen LogP contribution in [0.15, 0.2) is 16.7 Å². The van der Waals surface area contributed by atoms with Crippen molar-refractivity contribution in [3.63, 3.8) is 0 Å². The van der Waals surface area contributed by atoms with E-state index in [0.29, 0.717) is 47.6 Å². The second kappa shape index (κ2) is 6.62. The van der Waals surface area contributed by atoms with E-state index in [1.54, 1.807) is 13.0 Å². The fraction of sp³-hybridized carbons (Fsp3) is 0.600. The molecular weight excluding hydrogens is 344 g/mol. The van der Waals surface area contributed by atoms with Crippen LogP contribution < -0.4 is 10.1 Å². The van der Waals surface area contributed by atoms with E-state index in [2.05, 4.69) is 20.4 Å². The van der Waals surface area contributed by atoms with Gasteiger partial charge in [-0.05, 0) is 62.3 Å². The maximum absolute atomic E-state index is 12.9. The van der Waals surface area contributed by atoms with Gasteiger partial charge in [-0.25, -0.2) is 4.98 Å². The van der Waals surface area contributed by atoms with Gasteiger partial charge in [0.2, 0.25) is 11.8 Å². The van der Waals surface area contributed by atoms with E-state index >= 15 is 0 Å². The van der Waals surface area contributed by atoms with Crippen molar-refractivity contribution in [2.24, 2.45) is 11.8 Å². The second-order valence-electron chi connectivity index (χ2n) is 8.08. The monoisotopic (exact) mass is 368 g/mol. The van der Waals surface area contributed by atoms with Crippen molar-refractivity contribution in [2.45, 2.75) is 57.4 Å². The Hall–Kier alpha value is -2.44. The Labute approximate surface area is 157 Å². The number of amides is 1. The summed E-state index contributed by atoms with van der Waals surface area (Å²) in [5, 5.41) is 7.05. The van der Waals surface area contributed by atoms with Crippen molar-refractivity contribution in [2.75, 3.05) is 6.61 Å². The number of hydrogen-bond donors (Lipinski definition) is 1. The first kappa shape index (κ1) is 16.7. The van der Waals surface area contributed by atoms with Crippen molar-refractivity contribution < 1.29 is 14.1 Å². The van der Waals surface area contributed by atoms with Crippen LogP contribution >= 0.6 is 0 Å². The third-order valence-corrected chi connectivity index (χ3v) is 5.49.